The van der Waals surface area contributed by atoms with Crippen LogP contribution in [-0.2, 0) is 0 Å². The van der Waals surface area contributed by atoms with E-state index in [0.29, 0.717) is 5.92 Å². The second-order valence-electron chi connectivity index (χ2n) is 4.27. The summed E-state index contributed by atoms with van der Waals surface area (Å²) in [7, 11) is 0. The predicted octanol–water partition coefficient (Wildman–Crippen LogP) is 3.75. The molecule has 0 saturated carbocycles. The Balaban J connectivity index is 3.07. The van der Waals surface area contributed by atoms with Gasteiger partial charge in [-0.25, -0.2) is 0 Å². The first-order valence-electron chi connectivity index (χ1n) is 5.86. The molecule has 0 aromatic heterocycles. The van der Waals surface area contributed by atoms with Crippen molar-refractivity contribution in [1.82, 2.24) is 0 Å². The van der Waals surface area contributed by atoms with Crippen molar-refractivity contribution in [2.75, 3.05) is 0 Å². The lowest BCUT2D eigenvalue weighted by Gasteiger charge is -2.13. The monoisotopic (exact) mass is 186 g/mol. The van der Waals surface area contributed by atoms with E-state index in [1.54, 1.807) is 0 Å². The lowest BCUT2D eigenvalue weighted by Crippen LogP contribution is -2.12. The molecule has 0 amide bonds. The highest BCUT2D eigenvalue weighted by molar-refractivity contribution is 4.59. The van der Waals surface area contributed by atoms with Gasteiger partial charge in [-0.1, -0.05) is 52.4 Å². The molecule has 1 N–H and O–H groups in total. The van der Waals surface area contributed by atoms with Gasteiger partial charge in [0.05, 0.1) is 6.10 Å². The summed E-state index contributed by atoms with van der Waals surface area (Å²) in [4.78, 5) is 0. The Morgan fingerprint density at radius 1 is 0.923 bits per heavy atom. The van der Waals surface area contributed by atoms with E-state index in [4.69, 9.17) is 0 Å². The minimum atomic E-state index is -0.129. The summed E-state index contributed by atoms with van der Waals surface area (Å²) in [6, 6.07) is 0. The number of aliphatic hydroxyl groups excluding tert-OH is 1. The molecule has 0 radical (unpaired) electrons. The molecule has 0 unspecified atom stereocenters. The van der Waals surface area contributed by atoms with Gasteiger partial charge in [-0.2, -0.15) is 0 Å². The Hall–Kier alpha value is -0.0400. The maximum atomic E-state index is 9.26. The number of unbranched alkanes of at least 4 members (excludes halogenated alkanes) is 5. The molecule has 1 nitrogen and oxygen atoms in total. The van der Waals surface area contributed by atoms with Crippen LogP contribution in [0.25, 0.3) is 0 Å². The molecule has 0 saturated heterocycles. The molecule has 0 aromatic rings. The molecule has 0 aliphatic rings. The Labute approximate surface area is 83.5 Å². The van der Waals surface area contributed by atoms with Crippen LogP contribution in [0.4, 0.5) is 0 Å². The van der Waals surface area contributed by atoms with E-state index in [9.17, 15) is 5.11 Å². The zero-order valence-corrected chi connectivity index (χ0v) is 9.55. The second kappa shape index (κ2) is 8.55. The molecule has 0 aromatic carbocycles. The van der Waals surface area contributed by atoms with Gasteiger partial charge in [0.1, 0.15) is 0 Å². The molecule has 0 heterocycles. The van der Waals surface area contributed by atoms with Crippen LogP contribution in [0, 0.1) is 5.92 Å². The minimum absolute atomic E-state index is 0.129. The topological polar surface area (TPSA) is 20.2 Å². The minimum Gasteiger partial charge on any atom is -0.393 e. The standard InChI is InChI=1S/C12H26O/c1-4-5-6-7-8-9-10-11(2)12(3)13/h11-13H,4-10H2,1-3H3/t11-,12-/m1/s1. The molecule has 1 heteroatoms. The van der Waals surface area contributed by atoms with Crippen molar-refractivity contribution >= 4 is 0 Å². The highest BCUT2D eigenvalue weighted by atomic mass is 16.3. The first kappa shape index (κ1) is 13.0. The third-order valence-electron chi connectivity index (χ3n) is 2.84. The predicted molar refractivity (Wildman–Crippen MR) is 58.8 cm³/mol. The molecule has 0 bridgehead atoms. The zero-order chi connectivity index (χ0) is 10.1. The van der Waals surface area contributed by atoms with E-state index in [2.05, 4.69) is 13.8 Å². The van der Waals surface area contributed by atoms with E-state index in [1.807, 2.05) is 6.92 Å². The first-order chi connectivity index (χ1) is 6.18. The molecule has 0 fully saturated rings. The molecule has 2 atom stereocenters. The smallest absolute Gasteiger partial charge is 0.0537 e. The molecule has 13 heavy (non-hydrogen) atoms. The highest BCUT2D eigenvalue weighted by Gasteiger charge is 2.07. The lowest BCUT2D eigenvalue weighted by atomic mass is 9.98. The Kier molecular flexibility index (Phi) is 8.53. The molecule has 0 aliphatic heterocycles. The molecule has 0 spiro atoms. The van der Waals surface area contributed by atoms with Gasteiger partial charge in [-0.15, -0.1) is 0 Å². The molecule has 0 aliphatic carbocycles. The van der Waals surface area contributed by atoms with E-state index >= 15 is 0 Å². The Bertz CT molecular complexity index is 99.3. The molecule has 0 rings (SSSR count). The van der Waals surface area contributed by atoms with Gasteiger partial charge in [-0.05, 0) is 19.3 Å². The number of rotatable bonds is 8. The van der Waals surface area contributed by atoms with Crippen molar-refractivity contribution in [3.63, 3.8) is 0 Å². The van der Waals surface area contributed by atoms with E-state index in [0.717, 1.165) is 0 Å². The second-order valence-corrected chi connectivity index (χ2v) is 4.27. The van der Waals surface area contributed by atoms with E-state index < -0.39 is 0 Å². The first-order valence-corrected chi connectivity index (χ1v) is 5.86. The largest absolute Gasteiger partial charge is 0.393 e. The van der Waals surface area contributed by atoms with Gasteiger partial charge >= 0.3 is 0 Å². The van der Waals surface area contributed by atoms with E-state index in [-0.39, 0.29) is 6.10 Å². The third-order valence-corrected chi connectivity index (χ3v) is 2.84. The van der Waals surface area contributed by atoms with Crippen molar-refractivity contribution in [3.05, 3.63) is 0 Å². The Morgan fingerprint density at radius 2 is 1.46 bits per heavy atom. The van der Waals surface area contributed by atoms with Crippen molar-refractivity contribution in [1.29, 1.82) is 0 Å². The maximum Gasteiger partial charge on any atom is 0.0537 e. The van der Waals surface area contributed by atoms with Crippen LogP contribution in [-0.4, -0.2) is 11.2 Å². The number of hydrogen-bond acceptors (Lipinski definition) is 1. The third kappa shape index (κ3) is 8.29. The number of hydrogen-bond donors (Lipinski definition) is 1. The van der Waals surface area contributed by atoms with Crippen LogP contribution in [0.2, 0.25) is 0 Å². The van der Waals surface area contributed by atoms with Crippen molar-refractivity contribution < 1.29 is 5.11 Å². The van der Waals surface area contributed by atoms with Gasteiger partial charge in [0.15, 0.2) is 0 Å². The summed E-state index contributed by atoms with van der Waals surface area (Å²) < 4.78 is 0. The summed E-state index contributed by atoms with van der Waals surface area (Å²) in [6.45, 7) is 6.27. The quantitative estimate of drug-likeness (QED) is 0.572. The Morgan fingerprint density at radius 3 is 2.00 bits per heavy atom. The van der Waals surface area contributed by atoms with Crippen LogP contribution >= 0.6 is 0 Å². The SMILES string of the molecule is CCCCCCCC[C@@H](C)[C@@H](C)O. The molecule has 80 valence electrons. The normalized spacial score (nSPS) is 15.7. The average molecular weight is 186 g/mol. The van der Waals surface area contributed by atoms with Gasteiger partial charge in [-0.3, -0.25) is 0 Å². The fourth-order valence-electron chi connectivity index (χ4n) is 1.49. The van der Waals surface area contributed by atoms with Crippen LogP contribution < -0.4 is 0 Å². The van der Waals surface area contributed by atoms with Gasteiger partial charge in [0.2, 0.25) is 0 Å². The van der Waals surface area contributed by atoms with Crippen molar-refractivity contribution in [3.8, 4) is 0 Å². The van der Waals surface area contributed by atoms with Crippen LogP contribution in [0.1, 0.15) is 65.7 Å². The van der Waals surface area contributed by atoms with Crippen molar-refractivity contribution in [2.24, 2.45) is 5.92 Å². The fraction of sp³-hybridized carbons (Fsp3) is 1.00. The van der Waals surface area contributed by atoms with Crippen molar-refractivity contribution in [2.45, 2.75) is 71.8 Å². The summed E-state index contributed by atoms with van der Waals surface area (Å²) in [5.74, 6) is 0.478. The summed E-state index contributed by atoms with van der Waals surface area (Å²) in [6.07, 6.45) is 9.16. The number of aliphatic hydroxyl groups is 1. The van der Waals surface area contributed by atoms with Crippen LogP contribution in [0.5, 0.6) is 0 Å². The fourth-order valence-corrected chi connectivity index (χ4v) is 1.49. The average Bonchev–Trinajstić information content (AvgIpc) is 2.10. The van der Waals surface area contributed by atoms with Gasteiger partial charge in [0, 0.05) is 0 Å². The molecular weight excluding hydrogens is 160 g/mol. The van der Waals surface area contributed by atoms with E-state index in [1.165, 1.54) is 44.9 Å². The van der Waals surface area contributed by atoms with Gasteiger partial charge in [0.25, 0.3) is 0 Å². The summed E-state index contributed by atoms with van der Waals surface area (Å²) in [5, 5.41) is 9.26. The summed E-state index contributed by atoms with van der Waals surface area (Å²) in [5.41, 5.74) is 0. The van der Waals surface area contributed by atoms with Crippen LogP contribution in [0.15, 0.2) is 0 Å². The zero-order valence-electron chi connectivity index (χ0n) is 9.55. The van der Waals surface area contributed by atoms with Crippen LogP contribution in [0.3, 0.4) is 0 Å². The molecular formula is C12H26O. The van der Waals surface area contributed by atoms with Gasteiger partial charge < -0.3 is 5.11 Å². The highest BCUT2D eigenvalue weighted by Crippen LogP contribution is 2.14. The lowest BCUT2D eigenvalue weighted by molar-refractivity contribution is 0.128. The maximum absolute atomic E-state index is 9.26. The summed E-state index contributed by atoms with van der Waals surface area (Å²) >= 11 is 0.